The fourth-order valence-corrected chi connectivity index (χ4v) is 3.42. The lowest BCUT2D eigenvalue weighted by Gasteiger charge is -2.32. The number of aromatic nitrogens is 1. The second kappa shape index (κ2) is 8.39. The topological polar surface area (TPSA) is 95.0 Å². The van der Waals surface area contributed by atoms with E-state index >= 15 is 0 Å². The summed E-state index contributed by atoms with van der Waals surface area (Å²) in [4.78, 5) is 17.7. The van der Waals surface area contributed by atoms with Gasteiger partial charge in [-0.25, -0.2) is 4.98 Å². The first-order chi connectivity index (χ1) is 13.8. The highest BCUT2D eigenvalue weighted by Gasteiger charge is 2.34. The van der Waals surface area contributed by atoms with Crippen LogP contribution in [0.1, 0.15) is 29.5 Å². The van der Waals surface area contributed by atoms with Gasteiger partial charge in [-0.05, 0) is 37.1 Å². The van der Waals surface area contributed by atoms with Crippen LogP contribution in [-0.2, 0) is 17.5 Å². The predicted octanol–water partition coefficient (Wildman–Crippen LogP) is 3.29. The Labute approximate surface area is 166 Å². The van der Waals surface area contributed by atoms with Crippen LogP contribution < -0.4 is 16.0 Å². The van der Waals surface area contributed by atoms with Crippen LogP contribution in [0.4, 0.5) is 24.7 Å². The number of hydrogen-bond donors (Lipinski definition) is 2. The highest BCUT2D eigenvalue weighted by Crippen LogP contribution is 2.36. The minimum absolute atomic E-state index is 0.0535. The third kappa shape index (κ3) is 4.77. The lowest BCUT2D eigenvalue weighted by atomic mass is 9.96. The Morgan fingerprint density at radius 2 is 2.03 bits per heavy atom. The third-order valence-corrected chi connectivity index (χ3v) is 4.99. The molecule has 1 aromatic carbocycles. The molecular weight excluding hydrogens is 383 g/mol. The summed E-state index contributed by atoms with van der Waals surface area (Å²) in [5.41, 5.74) is 5.07. The fraction of sp³-hybridized carbons (Fsp3) is 0.350. The molecule has 6 nitrogen and oxygen atoms in total. The molecule has 0 aliphatic carbocycles. The second-order valence-electron chi connectivity index (χ2n) is 6.87. The molecule has 1 amide bonds. The van der Waals surface area contributed by atoms with E-state index in [0.29, 0.717) is 31.7 Å². The number of nitrogens with zero attached hydrogens (tertiary/aromatic N) is 3. The van der Waals surface area contributed by atoms with Crippen LogP contribution in [0.25, 0.3) is 0 Å². The summed E-state index contributed by atoms with van der Waals surface area (Å²) in [6, 6.07) is 8.68. The number of carbonyl (C=O) groups excluding carboxylic acids is 1. The van der Waals surface area contributed by atoms with Crippen molar-refractivity contribution in [2.45, 2.75) is 25.6 Å². The van der Waals surface area contributed by atoms with E-state index in [1.165, 1.54) is 12.1 Å². The molecule has 29 heavy (non-hydrogen) atoms. The van der Waals surface area contributed by atoms with Crippen molar-refractivity contribution in [3.05, 3.63) is 53.2 Å². The van der Waals surface area contributed by atoms with Crippen molar-refractivity contribution in [3.63, 3.8) is 0 Å². The van der Waals surface area contributed by atoms with Crippen molar-refractivity contribution in [2.75, 3.05) is 23.3 Å². The van der Waals surface area contributed by atoms with Gasteiger partial charge in [-0.15, -0.1) is 0 Å². The number of piperidine rings is 1. The van der Waals surface area contributed by atoms with E-state index in [4.69, 9.17) is 11.0 Å². The molecule has 0 atom stereocenters. The number of amides is 1. The maximum absolute atomic E-state index is 13.4. The van der Waals surface area contributed by atoms with E-state index in [9.17, 15) is 18.0 Å². The molecule has 3 rings (SSSR count). The first-order valence-electron chi connectivity index (χ1n) is 9.13. The fourth-order valence-electron chi connectivity index (χ4n) is 3.42. The van der Waals surface area contributed by atoms with Crippen LogP contribution in [0, 0.1) is 17.2 Å². The highest BCUT2D eigenvalue weighted by atomic mass is 19.4. The quantitative estimate of drug-likeness (QED) is 0.799. The van der Waals surface area contributed by atoms with E-state index in [-0.39, 0.29) is 29.6 Å². The van der Waals surface area contributed by atoms with Crippen molar-refractivity contribution >= 4 is 17.4 Å². The number of nitrogens with one attached hydrogen (secondary N) is 1. The molecule has 1 fully saturated rings. The van der Waals surface area contributed by atoms with Crippen LogP contribution in [0.2, 0.25) is 0 Å². The largest absolute Gasteiger partial charge is 0.418 e. The summed E-state index contributed by atoms with van der Waals surface area (Å²) in [6.07, 6.45) is -1.72. The maximum atomic E-state index is 13.4. The number of alkyl halides is 3. The molecule has 1 aliphatic rings. The molecule has 0 unspecified atom stereocenters. The van der Waals surface area contributed by atoms with Crippen LogP contribution in [0.5, 0.6) is 0 Å². The van der Waals surface area contributed by atoms with Gasteiger partial charge in [0.1, 0.15) is 5.82 Å². The average molecular weight is 403 g/mol. The van der Waals surface area contributed by atoms with E-state index in [2.05, 4.69) is 10.3 Å². The van der Waals surface area contributed by atoms with Crippen molar-refractivity contribution < 1.29 is 18.0 Å². The van der Waals surface area contributed by atoms with Crippen molar-refractivity contribution in [1.29, 1.82) is 5.26 Å². The van der Waals surface area contributed by atoms with E-state index in [0.717, 1.165) is 11.6 Å². The summed E-state index contributed by atoms with van der Waals surface area (Å²) in [5, 5.41) is 11.7. The normalized spacial score (nSPS) is 15.0. The molecule has 1 saturated heterocycles. The van der Waals surface area contributed by atoms with Crippen molar-refractivity contribution in [1.82, 2.24) is 4.98 Å². The molecule has 152 valence electrons. The average Bonchev–Trinajstić information content (AvgIpc) is 2.71. The number of benzene rings is 1. The van der Waals surface area contributed by atoms with E-state index in [1.54, 1.807) is 24.4 Å². The summed E-state index contributed by atoms with van der Waals surface area (Å²) < 4.78 is 40.1. The molecule has 0 radical (unpaired) electrons. The standard InChI is InChI=1S/C20H20F3N5O/c21-20(22,23)16-10-13(11-24)3-4-17(16)27-12-15-2-1-7-26-19(15)28-8-5-14(6-9-28)18(25)29/h1-4,7,10,14,27H,5-6,8-9,12H2,(H2,25,29). The minimum atomic E-state index is -4.58. The van der Waals surface area contributed by atoms with Crippen molar-refractivity contribution in [3.8, 4) is 6.07 Å². The highest BCUT2D eigenvalue weighted by molar-refractivity contribution is 5.77. The summed E-state index contributed by atoms with van der Waals surface area (Å²) in [5.74, 6) is 0.197. The van der Waals surface area contributed by atoms with Gasteiger partial charge in [0.25, 0.3) is 0 Å². The molecule has 2 heterocycles. The molecule has 0 saturated carbocycles. The van der Waals surface area contributed by atoms with Crippen LogP contribution in [-0.4, -0.2) is 24.0 Å². The zero-order chi connectivity index (χ0) is 21.0. The lowest BCUT2D eigenvalue weighted by molar-refractivity contribution is -0.137. The summed E-state index contributed by atoms with van der Waals surface area (Å²) in [6.45, 7) is 1.33. The van der Waals surface area contributed by atoms with Gasteiger partial charge in [-0.2, -0.15) is 18.4 Å². The van der Waals surface area contributed by atoms with Crippen LogP contribution in [0.3, 0.4) is 0 Å². The van der Waals surface area contributed by atoms with Crippen molar-refractivity contribution in [2.24, 2.45) is 11.7 Å². The number of hydrogen-bond acceptors (Lipinski definition) is 5. The molecule has 9 heteroatoms. The van der Waals surface area contributed by atoms with E-state index in [1.807, 2.05) is 4.90 Å². The number of primary amides is 1. The second-order valence-corrected chi connectivity index (χ2v) is 6.87. The Morgan fingerprint density at radius 1 is 1.31 bits per heavy atom. The van der Waals surface area contributed by atoms with Gasteiger partial charge in [0.2, 0.25) is 5.91 Å². The number of halogens is 3. The SMILES string of the molecule is N#Cc1ccc(NCc2cccnc2N2CCC(C(N)=O)CC2)c(C(F)(F)F)c1. The minimum Gasteiger partial charge on any atom is -0.380 e. The zero-order valence-electron chi connectivity index (χ0n) is 15.5. The molecule has 0 spiro atoms. The number of nitrogens with two attached hydrogens (primary N) is 1. The Kier molecular flexibility index (Phi) is 5.92. The summed E-state index contributed by atoms with van der Waals surface area (Å²) >= 11 is 0. The van der Waals surface area contributed by atoms with Gasteiger partial charge in [0, 0.05) is 43.0 Å². The van der Waals surface area contributed by atoms with Gasteiger partial charge in [-0.1, -0.05) is 6.07 Å². The van der Waals surface area contributed by atoms with Gasteiger partial charge < -0.3 is 16.0 Å². The Balaban J connectivity index is 1.78. The smallest absolute Gasteiger partial charge is 0.380 e. The first kappa shape index (κ1) is 20.5. The molecule has 3 N–H and O–H groups in total. The Bertz CT molecular complexity index is 930. The van der Waals surface area contributed by atoms with Crippen LogP contribution in [0.15, 0.2) is 36.5 Å². The number of carbonyl (C=O) groups is 1. The summed E-state index contributed by atoms with van der Waals surface area (Å²) in [7, 11) is 0. The number of pyridine rings is 1. The van der Waals surface area contributed by atoms with E-state index < -0.39 is 11.7 Å². The molecule has 1 aromatic heterocycles. The molecule has 0 bridgehead atoms. The third-order valence-electron chi connectivity index (χ3n) is 4.99. The number of anilines is 2. The predicted molar refractivity (Wildman–Crippen MR) is 102 cm³/mol. The monoisotopic (exact) mass is 403 g/mol. The van der Waals surface area contributed by atoms with Crippen LogP contribution >= 0.6 is 0 Å². The Morgan fingerprint density at radius 3 is 2.66 bits per heavy atom. The number of rotatable bonds is 5. The van der Waals surface area contributed by atoms with Gasteiger partial charge >= 0.3 is 6.18 Å². The maximum Gasteiger partial charge on any atom is 0.418 e. The van der Waals surface area contributed by atoms with Gasteiger partial charge in [0.15, 0.2) is 0 Å². The zero-order valence-corrected chi connectivity index (χ0v) is 15.5. The lowest BCUT2D eigenvalue weighted by Crippen LogP contribution is -2.39. The Hall–Kier alpha value is -3.28. The number of nitriles is 1. The first-order valence-corrected chi connectivity index (χ1v) is 9.13. The molecule has 2 aromatic rings. The molecular formula is C20H20F3N5O. The van der Waals surface area contributed by atoms with Gasteiger partial charge in [0.05, 0.1) is 17.2 Å². The van der Waals surface area contributed by atoms with Gasteiger partial charge in [-0.3, -0.25) is 4.79 Å². The molecule has 1 aliphatic heterocycles.